The number of piperazine rings is 3. The lowest BCUT2D eigenvalue weighted by Gasteiger charge is -2.50. The summed E-state index contributed by atoms with van der Waals surface area (Å²) in [6.45, 7) is 7.15. The van der Waals surface area contributed by atoms with Gasteiger partial charge in [0, 0.05) is 24.5 Å². The minimum atomic E-state index is 0.0757. The maximum Gasteiger partial charge on any atom is 0.280 e. The number of hydrogen-bond donors (Lipinski definition) is 1. The zero-order valence-corrected chi connectivity index (χ0v) is 13.5. The van der Waals surface area contributed by atoms with Crippen molar-refractivity contribution in [3.05, 3.63) is 16.0 Å². The van der Waals surface area contributed by atoms with Crippen LogP contribution in [0.3, 0.4) is 0 Å². The van der Waals surface area contributed by atoms with Crippen LogP contribution < -0.4 is 5.32 Å². The number of quaternary nitrogens is 1. The Labute approximate surface area is 134 Å². The van der Waals surface area contributed by atoms with E-state index in [9.17, 15) is 10.1 Å². The van der Waals surface area contributed by atoms with Crippen LogP contribution in [0.15, 0.2) is 0 Å². The summed E-state index contributed by atoms with van der Waals surface area (Å²) in [5.74, 6) is 0.0757. The highest BCUT2D eigenvalue weighted by Crippen LogP contribution is 2.38. The monoisotopic (exact) mass is 317 g/mol. The highest BCUT2D eigenvalue weighted by Gasteiger charge is 2.40. The van der Waals surface area contributed by atoms with Crippen LogP contribution in [0.5, 0.6) is 0 Å². The molecular formula is C16H21N4OS+. The van der Waals surface area contributed by atoms with Crippen LogP contribution in [0.2, 0.25) is 0 Å². The molecule has 3 saturated heterocycles. The molecule has 3 aliphatic heterocycles. The van der Waals surface area contributed by atoms with Crippen molar-refractivity contribution in [1.29, 1.82) is 5.26 Å². The number of rotatable bonds is 3. The van der Waals surface area contributed by atoms with E-state index >= 15 is 0 Å². The summed E-state index contributed by atoms with van der Waals surface area (Å²) < 4.78 is 0.926. The zero-order chi connectivity index (χ0) is 15.2. The van der Waals surface area contributed by atoms with Gasteiger partial charge in [0.2, 0.25) is 0 Å². The van der Waals surface area contributed by atoms with Crippen molar-refractivity contribution in [2.75, 3.05) is 51.1 Å². The lowest BCUT2D eigenvalue weighted by atomic mass is 10.1. The Morgan fingerprint density at radius 2 is 2.00 bits per heavy atom. The van der Waals surface area contributed by atoms with Gasteiger partial charge in [0.1, 0.15) is 11.1 Å². The summed E-state index contributed by atoms with van der Waals surface area (Å²) in [6, 6.07) is 2.30. The van der Waals surface area contributed by atoms with Gasteiger partial charge in [0.15, 0.2) is 6.54 Å². The maximum absolute atomic E-state index is 12.5. The topological polar surface area (TPSA) is 56.1 Å². The first-order valence-corrected chi connectivity index (χ1v) is 8.93. The molecule has 0 saturated carbocycles. The van der Waals surface area contributed by atoms with Gasteiger partial charge in [-0.25, -0.2) is 0 Å². The van der Waals surface area contributed by atoms with Crippen LogP contribution in [0.4, 0.5) is 5.00 Å². The lowest BCUT2D eigenvalue weighted by molar-refractivity contribution is -0.933. The Balaban J connectivity index is 1.48. The third kappa shape index (κ3) is 2.34. The van der Waals surface area contributed by atoms with E-state index in [1.807, 2.05) is 0 Å². The zero-order valence-electron chi connectivity index (χ0n) is 12.7. The van der Waals surface area contributed by atoms with Gasteiger partial charge in [0.25, 0.3) is 5.91 Å². The lowest BCUT2D eigenvalue weighted by Crippen LogP contribution is -2.68. The molecule has 116 valence electrons. The molecule has 2 bridgehead atoms. The molecule has 1 aromatic rings. The van der Waals surface area contributed by atoms with Crippen molar-refractivity contribution >= 4 is 22.2 Å². The quantitative estimate of drug-likeness (QED) is 0.852. The van der Waals surface area contributed by atoms with Crippen molar-refractivity contribution in [3.63, 3.8) is 0 Å². The van der Waals surface area contributed by atoms with Gasteiger partial charge in [-0.2, -0.15) is 5.26 Å². The van der Waals surface area contributed by atoms with Crippen molar-refractivity contribution in [2.24, 2.45) is 0 Å². The van der Waals surface area contributed by atoms with Crippen molar-refractivity contribution in [1.82, 2.24) is 4.90 Å². The number of amides is 1. The second-order valence-electron chi connectivity index (χ2n) is 6.73. The van der Waals surface area contributed by atoms with Gasteiger partial charge >= 0.3 is 0 Å². The van der Waals surface area contributed by atoms with E-state index in [0.717, 1.165) is 68.0 Å². The number of anilines is 1. The Kier molecular flexibility index (Phi) is 3.44. The molecule has 0 radical (unpaired) electrons. The standard InChI is InChI=1S/C16H20N4OS/c17-10-13-12-2-1-3-14(12)22-16(13)18-15(21)11-20-7-4-19(5-8-20)6-9-20/h1-9,11H2/p+1. The molecule has 1 aliphatic carbocycles. The summed E-state index contributed by atoms with van der Waals surface area (Å²) in [5, 5.41) is 13.2. The average molecular weight is 317 g/mol. The van der Waals surface area contributed by atoms with Crippen molar-refractivity contribution in [3.8, 4) is 6.07 Å². The third-order valence-electron chi connectivity index (χ3n) is 5.44. The van der Waals surface area contributed by atoms with Crippen LogP contribution in [-0.2, 0) is 17.6 Å². The number of hydrogen-bond acceptors (Lipinski definition) is 4. The molecule has 1 amide bonds. The number of nitriles is 1. The molecule has 1 N–H and O–H groups in total. The molecule has 3 fully saturated rings. The van der Waals surface area contributed by atoms with E-state index in [1.54, 1.807) is 11.3 Å². The SMILES string of the molecule is N#Cc1c(NC(=O)C[N+]23CCN(CC2)CC3)sc2c1CCC2. The Morgan fingerprint density at radius 3 is 2.68 bits per heavy atom. The Bertz CT molecular complexity index is 638. The summed E-state index contributed by atoms with van der Waals surface area (Å²) in [7, 11) is 0. The second-order valence-corrected chi connectivity index (χ2v) is 7.84. The molecule has 5 nitrogen and oxygen atoms in total. The van der Waals surface area contributed by atoms with Gasteiger partial charge in [-0.05, 0) is 24.8 Å². The van der Waals surface area contributed by atoms with Gasteiger partial charge < -0.3 is 9.80 Å². The van der Waals surface area contributed by atoms with Crippen molar-refractivity contribution in [2.45, 2.75) is 19.3 Å². The molecule has 0 spiro atoms. The van der Waals surface area contributed by atoms with Crippen LogP contribution in [-0.4, -0.2) is 61.1 Å². The van der Waals surface area contributed by atoms with Crippen LogP contribution >= 0.6 is 11.3 Å². The van der Waals surface area contributed by atoms with E-state index < -0.39 is 0 Å². The molecular weight excluding hydrogens is 296 g/mol. The fraction of sp³-hybridized carbons (Fsp3) is 0.625. The number of carbonyl (C=O) groups is 1. The summed E-state index contributed by atoms with van der Waals surface area (Å²) in [6.07, 6.45) is 3.18. The van der Waals surface area contributed by atoms with E-state index in [0.29, 0.717) is 12.1 Å². The number of fused-ring (bicyclic) bond motifs is 4. The second kappa shape index (κ2) is 5.34. The summed E-state index contributed by atoms with van der Waals surface area (Å²) in [5.41, 5.74) is 1.90. The first-order valence-electron chi connectivity index (χ1n) is 8.11. The first kappa shape index (κ1) is 14.2. The van der Waals surface area contributed by atoms with Crippen LogP contribution in [0, 0.1) is 11.3 Å². The molecule has 0 atom stereocenters. The minimum Gasteiger partial charge on any atom is -0.313 e. The third-order valence-corrected chi connectivity index (χ3v) is 6.64. The van der Waals surface area contributed by atoms with Crippen LogP contribution in [0.25, 0.3) is 0 Å². The predicted octanol–water partition coefficient (Wildman–Crippen LogP) is 1.19. The summed E-state index contributed by atoms with van der Waals surface area (Å²) in [4.78, 5) is 16.3. The van der Waals surface area contributed by atoms with Gasteiger partial charge in [0.05, 0.1) is 25.2 Å². The van der Waals surface area contributed by atoms with Gasteiger partial charge in [-0.3, -0.25) is 9.69 Å². The fourth-order valence-corrected chi connectivity index (χ4v) is 5.31. The van der Waals surface area contributed by atoms with E-state index in [4.69, 9.17) is 0 Å². The fourth-order valence-electron chi connectivity index (χ4n) is 4.05. The molecule has 22 heavy (non-hydrogen) atoms. The molecule has 4 aliphatic rings. The highest BCUT2D eigenvalue weighted by molar-refractivity contribution is 7.16. The summed E-state index contributed by atoms with van der Waals surface area (Å²) >= 11 is 1.61. The Morgan fingerprint density at radius 1 is 1.27 bits per heavy atom. The van der Waals surface area contributed by atoms with E-state index in [2.05, 4.69) is 16.3 Å². The van der Waals surface area contributed by atoms with Crippen molar-refractivity contribution < 1.29 is 9.28 Å². The number of aryl methyl sites for hydroxylation is 1. The first-order chi connectivity index (χ1) is 10.7. The normalized spacial score (nSPS) is 29.1. The number of thiophene rings is 1. The average Bonchev–Trinajstić information content (AvgIpc) is 3.08. The number of nitrogens with one attached hydrogen (secondary N) is 1. The van der Waals surface area contributed by atoms with E-state index in [-0.39, 0.29) is 5.91 Å². The Hall–Kier alpha value is -1.42. The van der Waals surface area contributed by atoms with Gasteiger partial charge in [-0.15, -0.1) is 11.3 Å². The number of carbonyl (C=O) groups excluding carboxylic acids is 1. The largest absolute Gasteiger partial charge is 0.313 e. The highest BCUT2D eigenvalue weighted by atomic mass is 32.1. The van der Waals surface area contributed by atoms with E-state index in [1.165, 1.54) is 10.4 Å². The maximum atomic E-state index is 12.5. The van der Waals surface area contributed by atoms with Crippen LogP contribution in [0.1, 0.15) is 22.4 Å². The smallest absolute Gasteiger partial charge is 0.280 e. The molecule has 4 heterocycles. The predicted molar refractivity (Wildman–Crippen MR) is 85.9 cm³/mol. The number of nitrogens with zero attached hydrogens (tertiary/aromatic N) is 3. The molecule has 1 aromatic heterocycles. The van der Waals surface area contributed by atoms with Gasteiger partial charge in [-0.1, -0.05) is 0 Å². The molecule has 0 aromatic carbocycles. The molecule has 5 rings (SSSR count). The molecule has 6 heteroatoms. The minimum absolute atomic E-state index is 0.0757. The molecule has 0 unspecified atom stereocenters.